The third-order valence-electron chi connectivity index (χ3n) is 5.69. The summed E-state index contributed by atoms with van der Waals surface area (Å²) < 4.78 is 0. The van der Waals surface area contributed by atoms with E-state index in [2.05, 4.69) is 37.3 Å². The summed E-state index contributed by atoms with van der Waals surface area (Å²) in [5.74, 6) is 0.664. The molecule has 1 N–H and O–H groups in total. The van der Waals surface area contributed by atoms with Gasteiger partial charge in [0, 0.05) is 18.0 Å². The summed E-state index contributed by atoms with van der Waals surface area (Å²) in [6.45, 7) is 7.71. The number of rotatable bonds is 10. The first-order chi connectivity index (χ1) is 12.3. The van der Waals surface area contributed by atoms with E-state index in [-0.39, 0.29) is 6.17 Å². The molecule has 0 saturated heterocycles. The minimum Gasteiger partial charge on any atom is -0.296 e. The van der Waals surface area contributed by atoms with Crippen LogP contribution in [0.15, 0.2) is 10.1 Å². The topological polar surface area (TPSA) is 40.0 Å². The maximum absolute atomic E-state index is 5.27. The first kappa shape index (κ1) is 20.4. The van der Waals surface area contributed by atoms with Gasteiger partial charge in [-0.05, 0) is 57.3 Å². The molecule has 1 saturated carbocycles. The van der Waals surface area contributed by atoms with E-state index in [9.17, 15) is 0 Å². The number of hydrogen-bond donors (Lipinski definition) is 1. The van der Waals surface area contributed by atoms with E-state index in [1.165, 1.54) is 63.5 Å². The van der Waals surface area contributed by atoms with Crippen LogP contribution in [0, 0.1) is 5.92 Å². The van der Waals surface area contributed by atoms with Crippen LogP contribution in [0.1, 0.15) is 97.8 Å². The molecule has 0 radical (unpaired) electrons. The lowest BCUT2D eigenvalue weighted by molar-refractivity contribution is 0.180. The van der Waals surface area contributed by atoms with Gasteiger partial charge >= 0.3 is 0 Å². The molecule has 1 atom stereocenters. The van der Waals surface area contributed by atoms with Crippen molar-refractivity contribution in [3.8, 4) is 0 Å². The Morgan fingerprint density at radius 1 is 1.12 bits per heavy atom. The van der Waals surface area contributed by atoms with Gasteiger partial charge in [-0.15, -0.1) is 0 Å². The van der Waals surface area contributed by atoms with Crippen molar-refractivity contribution < 1.29 is 0 Å². The van der Waals surface area contributed by atoms with Crippen LogP contribution >= 0.6 is 0 Å². The van der Waals surface area contributed by atoms with Gasteiger partial charge in [0.2, 0.25) is 0 Å². The highest BCUT2D eigenvalue weighted by atomic mass is 15.5. The fourth-order valence-corrected chi connectivity index (χ4v) is 4.26. The number of nitrogens with zero attached hydrogens (tertiary/aromatic N) is 3. The van der Waals surface area contributed by atoms with Crippen molar-refractivity contribution >= 4 is 11.9 Å². The molecule has 0 aromatic carbocycles. The van der Waals surface area contributed by atoms with E-state index in [0.717, 1.165) is 25.9 Å². The fraction of sp³-hybridized carbons (Fsp3) is 0.905. The Bertz CT molecular complexity index is 406. The molecule has 2 aliphatic rings. The lowest BCUT2D eigenvalue weighted by atomic mass is 9.91. The van der Waals surface area contributed by atoms with Gasteiger partial charge in [-0.25, -0.2) is 0 Å². The van der Waals surface area contributed by atoms with E-state index >= 15 is 0 Å². The van der Waals surface area contributed by atoms with Crippen molar-refractivity contribution in [2.75, 3.05) is 6.67 Å². The fourth-order valence-electron chi connectivity index (χ4n) is 4.26. The Morgan fingerprint density at radius 3 is 2.48 bits per heavy atom. The molecule has 1 heterocycles. The lowest BCUT2D eigenvalue weighted by Crippen LogP contribution is -2.41. The molecular weight excluding hydrogens is 308 g/mol. The molecule has 0 bridgehead atoms. The van der Waals surface area contributed by atoms with Gasteiger partial charge < -0.3 is 0 Å². The Balaban J connectivity index is 2.05. The predicted octanol–water partition coefficient (Wildman–Crippen LogP) is 5.34. The Kier molecular flexibility index (Phi) is 9.52. The van der Waals surface area contributed by atoms with Crippen LogP contribution in [-0.4, -0.2) is 35.8 Å². The zero-order valence-electron chi connectivity index (χ0n) is 16.8. The van der Waals surface area contributed by atoms with Crippen molar-refractivity contribution in [3.05, 3.63) is 0 Å². The van der Waals surface area contributed by atoms with E-state index in [0.29, 0.717) is 12.0 Å². The molecule has 0 spiro atoms. The van der Waals surface area contributed by atoms with E-state index in [4.69, 9.17) is 10.1 Å². The molecule has 144 valence electrons. The number of aliphatic imine (C=N–C) groups is 1. The molecule has 1 aliphatic heterocycles. The van der Waals surface area contributed by atoms with Crippen molar-refractivity contribution in [1.29, 1.82) is 0 Å². The summed E-state index contributed by atoms with van der Waals surface area (Å²) in [5, 5.41) is 10.7. The maximum Gasteiger partial charge on any atom is 0.138 e. The van der Waals surface area contributed by atoms with Crippen molar-refractivity contribution in [1.82, 2.24) is 10.3 Å². The zero-order chi connectivity index (χ0) is 17.9. The van der Waals surface area contributed by atoms with Gasteiger partial charge in [0.1, 0.15) is 6.17 Å². The SMILES string of the molecule is CCCC(CCC)/C(CC)=N/C1CCCC=NN1CNC1CCCC1. The smallest absolute Gasteiger partial charge is 0.138 e. The summed E-state index contributed by atoms with van der Waals surface area (Å²) in [5.41, 5.74) is 1.43. The second-order valence-corrected chi connectivity index (χ2v) is 7.74. The Hall–Kier alpha value is -0.900. The molecule has 4 heteroatoms. The minimum atomic E-state index is 0.221. The lowest BCUT2D eigenvalue weighted by Gasteiger charge is -2.29. The van der Waals surface area contributed by atoms with E-state index in [1.807, 2.05) is 0 Å². The van der Waals surface area contributed by atoms with Gasteiger partial charge in [0.15, 0.2) is 0 Å². The zero-order valence-corrected chi connectivity index (χ0v) is 16.8. The third-order valence-corrected chi connectivity index (χ3v) is 5.69. The monoisotopic (exact) mass is 348 g/mol. The summed E-state index contributed by atoms with van der Waals surface area (Å²) in [7, 11) is 0. The molecule has 0 aromatic heterocycles. The average Bonchev–Trinajstić information content (AvgIpc) is 3.04. The van der Waals surface area contributed by atoms with Crippen LogP contribution in [0.25, 0.3) is 0 Å². The van der Waals surface area contributed by atoms with Crippen LogP contribution in [0.5, 0.6) is 0 Å². The van der Waals surface area contributed by atoms with Gasteiger partial charge in [-0.1, -0.05) is 46.5 Å². The largest absolute Gasteiger partial charge is 0.296 e. The maximum atomic E-state index is 5.27. The molecule has 1 unspecified atom stereocenters. The highest BCUT2D eigenvalue weighted by molar-refractivity contribution is 5.86. The molecule has 2 rings (SSSR count). The second kappa shape index (κ2) is 11.7. The summed E-state index contributed by atoms with van der Waals surface area (Å²) in [4.78, 5) is 5.27. The molecule has 0 amide bonds. The first-order valence-electron chi connectivity index (χ1n) is 10.9. The minimum absolute atomic E-state index is 0.221. The van der Waals surface area contributed by atoms with Crippen LogP contribution in [-0.2, 0) is 0 Å². The molecule has 1 aliphatic carbocycles. The summed E-state index contributed by atoms with van der Waals surface area (Å²) >= 11 is 0. The number of nitrogens with one attached hydrogen (secondary N) is 1. The van der Waals surface area contributed by atoms with Crippen molar-refractivity contribution in [2.45, 2.75) is 110 Å². The molecule has 0 aromatic rings. The number of hydrazone groups is 1. The van der Waals surface area contributed by atoms with Crippen molar-refractivity contribution in [3.63, 3.8) is 0 Å². The molecule has 1 fully saturated rings. The van der Waals surface area contributed by atoms with Gasteiger partial charge in [-0.2, -0.15) is 5.10 Å². The van der Waals surface area contributed by atoms with E-state index < -0.39 is 0 Å². The second-order valence-electron chi connectivity index (χ2n) is 7.74. The first-order valence-corrected chi connectivity index (χ1v) is 10.9. The molecule has 25 heavy (non-hydrogen) atoms. The quantitative estimate of drug-likeness (QED) is 0.541. The highest BCUT2D eigenvalue weighted by Crippen LogP contribution is 2.22. The third kappa shape index (κ3) is 6.73. The van der Waals surface area contributed by atoms with Gasteiger partial charge in [0.25, 0.3) is 0 Å². The molecular formula is C21H40N4. The van der Waals surface area contributed by atoms with Crippen LogP contribution in [0.2, 0.25) is 0 Å². The number of hydrogen-bond acceptors (Lipinski definition) is 4. The van der Waals surface area contributed by atoms with Crippen LogP contribution in [0.3, 0.4) is 0 Å². The predicted molar refractivity (Wildman–Crippen MR) is 109 cm³/mol. The van der Waals surface area contributed by atoms with Crippen LogP contribution < -0.4 is 5.32 Å². The van der Waals surface area contributed by atoms with Gasteiger partial charge in [0.05, 0.1) is 6.67 Å². The highest BCUT2D eigenvalue weighted by Gasteiger charge is 2.22. The average molecular weight is 349 g/mol. The van der Waals surface area contributed by atoms with Gasteiger partial charge in [-0.3, -0.25) is 15.3 Å². The normalized spacial score (nSPS) is 22.8. The van der Waals surface area contributed by atoms with Crippen molar-refractivity contribution in [2.24, 2.45) is 16.0 Å². The Labute approximate surface area is 155 Å². The Morgan fingerprint density at radius 2 is 1.84 bits per heavy atom. The summed E-state index contributed by atoms with van der Waals surface area (Å²) in [6.07, 6.45) is 17.2. The summed E-state index contributed by atoms with van der Waals surface area (Å²) in [6, 6.07) is 0.682. The molecule has 4 nitrogen and oxygen atoms in total. The van der Waals surface area contributed by atoms with E-state index in [1.54, 1.807) is 0 Å². The van der Waals surface area contributed by atoms with Crippen LogP contribution in [0.4, 0.5) is 0 Å². The standard InChI is InChI=1S/C21H40N4/c1-4-11-18(12-5-2)20(6-3)24-21-15-9-10-16-23-25(21)17-22-19-13-7-8-14-19/h16,18-19,21-22H,4-15,17H2,1-3H3/b24-20+.